The molecule has 1 fully saturated rings. The summed E-state index contributed by atoms with van der Waals surface area (Å²) in [4.78, 5) is 36.4. The highest BCUT2D eigenvalue weighted by Gasteiger charge is 2.31. The van der Waals surface area contributed by atoms with Crippen molar-refractivity contribution < 1.29 is 22.7 Å². The Morgan fingerprint density at radius 2 is 1.85 bits per heavy atom. The Balaban J connectivity index is 1.69. The summed E-state index contributed by atoms with van der Waals surface area (Å²) < 4.78 is 37.2. The Bertz CT molecular complexity index is 1490. The predicted octanol–water partition coefficient (Wildman–Crippen LogP) is 0.698. The fourth-order valence-corrected chi connectivity index (χ4v) is 5.97. The van der Waals surface area contributed by atoms with Crippen LogP contribution < -0.4 is 15.8 Å². The van der Waals surface area contributed by atoms with E-state index in [0.29, 0.717) is 44.1 Å². The van der Waals surface area contributed by atoms with Crippen LogP contribution in [0.1, 0.15) is 53.1 Å². The molecule has 15 heteroatoms. The summed E-state index contributed by atoms with van der Waals surface area (Å²) in [5, 5.41) is 7.08. The van der Waals surface area contributed by atoms with Gasteiger partial charge in [-0.05, 0) is 26.0 Å². The number of primary amides is 1. The monoisotopic (exact) mass is 573 g/mol. The van der Waals surface area contributed by atoms with Gasteiger partial charge in [0, 0.05) is 45.6 Å². The first-order valence-corrected chi connectivity index (χ1v) is 14.6. The van der Waals surface area contributed by atoms with Gasteiger partial charge in [0.05, 0.1) is 30.7 Å². The number of anilines is 1. The number of imidazole rings is 1. The van der Waals surface area contributed by atoms with Crippen LogP contribution in [0.25, 0.3) is 0 Å². The van der Waals surface area contributed by atoms with E-state index in [2.05, 4.69) is 25.3 Å². The largest absolute Gasteiger partial charge is 0.477 e. The number of rotatable bonds is 11. The number of carbonyl (C=O) groups excluding carboxylic acids is 2. The molecule has 1 aliphatic heterocycles. The Morgan fingerprint density at radius 1 is 1.12 bits per heavy atom. The number of ether oxygens (including phenoxy) is 1. The number of aromatic nitrogens is 5. The third kappa shape index (κ3) is 5.85. The van der Waals surface area contributed by atoms with Crippen LogP contribution in [0.4, 0.5) is 5.69 Å². The van der Waals surface area contributed by atoms with Crippen molar-refractivity contribution in [3.05, 3.63) is 47.4 Å². The molecule has 0 aromatic carbocycles. The van der Waals surface area contributed by atoms with Crippen LogP contribution >= 0.6 is 0 Å². The molecule has 0 aliphatic carbocycles. The van der Waals surface area contributed by atoms with Gasteiger partial charge in [0.15, 0.2) is 5.69 Å². The van der Waals surface area contributed by atoms with E-state index in [1.54, 1.807) is 24.0 Å². The molecule has 14 nitrogen and oxygen atoms in total. The van der Waals surface area contributed by atoms with Crippen molar-refractivity contribution in [3.8, 4) is 5.88 Å². The molecular weight excluding hydrogens is 538 g/mol. The minimum absolute atomic E-state index is 0.0335. The Morgan fingerprint density at radius 3 is 2.42 bits per heavy atom. The number of piperazine rings is 1. The zero-order valence-electron chi connectivity index (χ0n) is 23.1. The summed E-state index contributed by atoms with van der Waals surface area (Å²) in [6.45, 7) is 8.80. The third-order valence-corrected chi connectivity index (χ3v) is 8.71. The lowest BCUT2D eigenvalue weighted by atomic mass is 10.2. The molecule has 4 rings (SSSR count). The summed E-state index contributed by atoms with van der Waals surface area (Å²) >= 11 is 0. The first-order chi connectivity index (χ1) is 19.1. The van der Waals surface area contributed by atoms with Gasteiger partial charge >= 0.3 is 0 Å². The van der Waals surface area contributed by atoms with Crippen LogP contribution in [-0.4, -0.2) is 93.1 Å². The molecule has 3 N–H and O–H groups in total. The lowest BCUT2D eigenvalue weighted by Gasteiger charge is -2.33. The number of hydrogen-bond acceptors (Lipinski definition) is 9. The van der Waals surface area contributed by atoms with Crippen LogP contribution in [-0.2, 0) is 30.0 Å². The molecule has 0 saturated carbocycles. The third-order valence-electron chi connectivity index (χ3n) is 6.84. The van der Waals surface area contributed by atoms with Crippen molar-refractivity contribution in [1.29, 1.82) is 0 Å². The van der Waals surface area contributed by atoms with Crippen molar-refractivity contribution in [3.63, 3.8) is 0 Å². The van der Waals surface area contributed by atoms with E-state index in [4.69, 9.17) is 10.5 Å². The molecule has 0 unspecified atom stereocenters. The van der Waals surface area contributed by atoms with E-state index in [-0.39, 0.29) is 40.9 Å². The van der Waals surface area contributed by atoms with Crippen molar-refractivity contribution in [2.24, 2.45) is 12.8 Å². The fraction of sp³-hybridized carbons (Fsp3) is 0.480. The first kappa shape index (κ1) is 29.2. The van der Waals surface area contributed by atoms with Gasteiger partial charge in [-0.15, -0.1) is 0 Å². The number of aryl methyl sites for hydroxylation is 1. The molecule has 4 heterocycles. The lowest BCUT2D eigenvalue weighted by molar-refractivity contribution is 0.0995. The van der Waals surface area contributed by atoms with Gasteiger partial charge in [-0.3, -0.25) is 14.3 Å². The molecule has 216 valence electrons. The number of amides is 2. The van der Waals surface area contributed by atoms with Crippen LogP contribution in [0, 0.1) is 0 Å². The van der Waals surface area contributed by atoms with Crippen LogP contribution in [0.15, 0.2) is 29.6 Å². The van der Waals surface area contributed by atoms with Gasteiger partial charge in [-0.2, -0.15) is 9.40 Å². The summed E-state index contributed by atoms with van der Waals surface area (Å²) in [6, 6.07) is 1.25. The molecule has 0 bridgehead atoms. The normalized spacial score (nSPS) is 14.8. The number of sulfonamides is 1. The second kappa shape index (κ2) is 12.1. The standard InChI is InChI=1S/C25H35N9O5S/c1-5-19-21(22(23(26)35)30-34(19)16-20-27-8-9-31(20)4)29-24(36)18-14-17(15-28-25(18)39-7-3)40(37,38)33-12-10-32(6-2)11-13-33/h8-9,14-15H,5-7,10-13,16H2,1-4H3,(H2,26,35)(H,29,36). The van der Waals surface area contributed by atoms with E-state index in [1.807, 2.05) is 25.5 Å². The number of nitrogens with two attached hydrogens (primary N) is 1. The zero-order chi connectivity index (χ0) is 29.0. The second-order valence-corrected chi connectivity index (χ2v) is 11.2. The predicted molar refractivity (Wildman–Crippen MR) is 147 cm³/mol. The van der Waals surface area contributed by atoms with Crippen LogP contribution in [0.3, 0.4) is 0 Å². The highest BCUT2D eigenvalue weighted by Crippen LogP contribution is 2.27. The molecule has 2 amide bonds. The molecule has 0 radical (unpaired) electrons. The van der Waals surface area contributed by atoms with Gasteiger partial charge in [-0.1, -0.05) is 13.8 Å². The molecule has 1 aliphatic rings. The zero-order valence-corrected chi connectivity index (χ0v) is 23.9. The van der Waals surface area contributed by atoms with Gasteiger partial charge in [0.1, 0.15) is 16.3 Å². The van der Waals surface area contributed by atoms with Crippen LogP contribution in [0.2, 0.25) is 0 Å². The van der Waals surface area contributed by atoms with Crippen molar-refractivity contribution in [1.82, 2.24) is 33.5 Å². The number of hydrogen-bond donors (Lipinski definition) is 2. The summed E-state index contributed by atoms with van der Waals surface area (Å²) in [5.41, 5.74) is 6.09. The van der Waals surface area contributed by atoms with Gasteiger partial charge in [0.25, 0.3) is 11.8 Å². The van der Waals surface area contributed by atoms with E-state index < -0.39 is 21.8 Å². The Hall–Kier alpha value is -3.82. The number of pyridine rings is 1. The van der Waals surface area contributed by atoms with E-state index in [1.165, 1.54) is 16.6 Å². The molecule has 0 spiro atoms. The smallest absolute Gasteiger partial charge is 0.271 e. The van der Waals surface area contributed by atoms with Gasteiger partial charge < -0.3 is 25.3 Å². The average molecular weight is 574 g/mol. The van der Waals surface area contributed by atoms with Crippen molar-refractivity contribution in [2.45, 2.75) is 38.6 Å². The highest BCUT2D eigenvalue weighted by molar-refractivity contribution is 7.89. The van der Waals surface area contributed by atoms with Crippen LogP contribution in [0.5, 0.6) is 5.88 Å². The molecule has 3 aromatic heterocycles. The number of nitrogens with zero attached hydrogens (tertiary/aromatic N) is 7. The van der Waals surface area contributed by atoms with Crippen molar-refractivity contribution >= 4 is 27.5 Å². The maximum absolute atomic E-state index is 13.6. The maximum atomic E-state index is 13.6. The Labute approximate surface area is 233 Å². The fourth-order valence-electron chi connectivity index (χ4n) is 4.58. The Kier molecular flexibility index (Phi) is 8.85. The summed E-state index contributed by atoms with van der Waals surface area (Å²) in [7, 11) is -2.07. The number of carbonyl (C=O) groups is 2. The number of likely N-dealkylation sites (N-methyl/N-ethyl adjacent to an activating group) is 1. The minimum atomic E-state index is -3.91. The van der Waals surface area contributed by atoms with Gasteiger partial charge in [0.2, 0.25) is 15.9 Å². The molecule has 40 heavy (non-hydrogen) atoms. The van der Waals surface area contributed by atoms with E-state index in [0.717, 1.165) is 6.54 Å². The highest BCUT2D eigenvalue weighted by atomic mass is 32.2. The van der Waals surface area contributed by atoms with Gasteiger partial charge in [-0.25, -0.2) is 18.4 Å². The minimum Gasteiger partial charge on any atom is -0.477 e. The SMILES string of the molecule is CCOc1ncc(S(=O)(=O)N2CCN(CC)CC2)cc1C(=O)Nc1c(C(N)=O)nn(Cc2nccn2C)c1CC. The van der Waals surface area contributed by atoms with Crippen molar-refractivity contribution in [2.75, 3.05) is 44.6 Å². The number of nitrogens with one attached hydrogen (secondary N) is 1. The molecular formula is C25H35N9O5S. The second-order valence-electron chi connectivity index (χ2n) is 9.25. The average Bonchev–Trinajstić information content (AvgIpc) is 3.51. The molecule has 3 aromatic rings. The summed E-state index contributed by atoms with van der Waals surface area (Å²) in [5.74, 6) is -0.882. The molecule has 0 atom stereocenters. The van der Waals surface area contributed by atoms with E-state index in [9.17, 15) is 18.0 Å². The quantitative estimate of drug-likeness (QED) is 0.335. The molecule has 1 saturated heterocycles. The summed E-state index contributed by atoms with van der Waals surface area (Å²) in [6.07, 6.45) is 5.04. The van der Waals surface area contributed by atoms with E-state index >= 15 is 0 Å². The topological polar surface area (TPSA) is 171 Å². The lowest BCUT2D eigenvalue weighted by Crippen LogP contribution is -2.48. The first-order valence-electron chi connectivity index (χ1n) is 13.1. The maximum Gasteiger partial charge on any atom is 0.271 e.